The Labute approximate surface area is 71.1 Å². The van der Waals surface area contributed by atoms with Gasteiger partial charge in [0.15, 0.2) is 11.5 Å². The summed E-state index contributed by atoms with van der Waals surface area (Å²) in [6.45, 7) is 1.39. The first-order valence-corrected chi connectivity index (χ1v) is 4.02. The molecule has 0 radical (unpaired) electrons. The fourth-order valence-electron chi connectivity index (χ4n) is 1.22. The van der Waals surface area contributed by atoms with E-state index >= 15 is 0 Å². The normalized spacial score (nSPS) is 15.3. The van der Waals surface area contributed by atoms with Gasteiger partial charge in [-0.2, -0.15) is 0 Å². The van der Waals surface area contributed by atoms with Gasteiger partial charge in [-0.1, -0.05) is 6.07 Å². The van der Waals surface area contributed by atoms with Crippen molar-refractivity contribution in [3.63, 3.8) is 0 Å². The second-order valence-corrected chi connectivity index (χ2v) is 2.72. The molecule has 0 bridgehead atoms. The highest BCUT2D eigenvalue weighted by Crippen LogP contribution is 2.34. The molecule has 1 heterocycles. The minimum Gasteiger partial charge on any atom is -0.489 e. The third-order valence-electron chi connectivity index (χ3n) is 1.80. The molecule has 0 spiro atoms. The van der Waals surface area contributed by atoms with E-state index in [4.69, 9.17) is 15.2 Å². The van der Waals surface area contributed by atoms with E-state index in [1.165, 1.54) is 0 Å². The second kappa shape index (κ2) is 2.93. The molecular formula is C9H11NO2. The van der Waals surface area contributed by atoms with E-state index in [2.05, 4.69) is 0 Å². The van der Waals surface area contributed by atoms with E-state index in [1.807, 2.05) is 18.2 Å². The van der Waals surface area contributed by atoms with Crippen LogP contribution in [-0.2, 0) is 0 Å². The minimum absolute atomic E-state index is 0.648. The Morgan fingerprint density at radius 2 is 2.00 bits per heavy atom. The predicted octanol–water partition coefficient (Wildman–Crippen LogP) is 1.43. The van der Waals surface area contributed by atoms with Gasteiger partial charge >= 0.3 is 0 Å². The third-order valence-corrected chi connectivity index (χ3v) is 1.80. The number of anilines is 1. The summed E-state index contributed by atoms with van der Waals surface area (Å²) in [7, 11) is 0. The Bertz CT molecular complexity index is 286. The van der Waals surface area contributed by atoms with Crippen molar-refractivity contribution in [1.82, 2.24) is 0 Å². The number of rotatable bonds is 0. The van der Waals surface area contributed by atoms with Gasteiger partial charge in [0.2, 0.25) is 0 Å². The molecule has 1 aliphatic heterocycles. The molecule has 3 nitrogen and oxygen atoms in total. The van der Waals surface area contributed by atoms with Crippen LogP contribution in [0.15, 0.2) is 18.2 Å². The Hall–Kier alpha value is -1.38. The Balaban J connectivity index is 2.42. The topological polar surface area (TPSA) is 44.5 Å². The smallest absolute Gasteiger partial charge is 0.184 e. The molecule has 3 heteroatoms. The molecule has 2 rings (SSSR count). The van der Waals surface area contributed by atoms with Gasteiger partial charge < -0.3 is 15.2 Å². The molecule has 0 amide bonds. The maximum Gasteiger partial charge on any atom is 0.184 e. The molecule has 0 aromatic heterocycles. The molecule has 0 fully saturated rings. The number of hydrogen-bond acceptors (Lipinski definition) is 3. The van der Waals surface area contributed by atoms with Crippen LogP contribution in [0.4, 0.5) is 5.69 Å². The molecule has 0 aliphatic carbocycles. The van der Waals surface area contributed by atoms with Crippen LogP contribution in [0, 0.1) is 0 Å². The fourth-order valence-corrected chi connectivity index (χ4v) is 1.22. The second-order valence-electron chi connectivity index (χ2n) is 2.72. The van der Waals surface area contributed by atoms with E-state index in [0.29, 0.717) is 24.7 Å². The molecule has 1 aromatic rings. The quantitative estimate of drug-likeness (QED) is 0.591. The van der Waals surface area contributed by atoms with Gasteiger partial charge in [-0.05, 0) is 12.1 Å². The van der Waals surface area contributed by atoms with E-state index in [-0.39, 0.29) is 0 Å². The highest BCUT2D eigenvalue weighted by atomic mass is 16.5. The summed E-state index contributed by atoms with van der Waals surface area (Å²) in [6.07, 6.45) is 0.911. The lowest BCUT2D eigenvalue weighted by Crippen LogP contribution is -1.98. The van der Waals surface area contributed by atoms with Crippen molar-refractivity contribution in [3.05, 3.63) is 18.2 Å². The zero-order valence-corrected chi connectivity index (χ0v) is 6.75. The molecular weight excluding hydrogens is 154 g/mol. The number of ether oxygens (including phenoxy) is 2. The zero-order chi connectivity index (χ0) is 8.39. The summed E-state index contributed by atoms with van der Waals surface area (Å²) in [5.41, 5.74) is 6.35. The molecule has 1 aromatic carbocycles. The van der Waals surface area contributed by atoms with Crippen LogP contribution in [-0.4, -0.2) is 13.2 Å². The van der Waals surface area contributed by atoms with Crippen molar-refractivity contribution in [2.24, 2.45) is 0 Å². The summed E-state index contributed by atoms with van der Waals surface area (Å²) in [6, 6.07) is 5.55. The van der Waals surface area contributed by atoms with Crippen molar-refractivity contribution in [2.75, 3.05) is 18.9 Å². The predicted molar refractivity (Wildman–Crippen MR) is 46.5 cm³/mol. The van der Waals surface area contributed by atoms with Crippen LogP contribution < -0.4 is 15.2 Å². The summed E-state index contributed by atoms with van der Waals surface area (Å²) >= 11 is 0. The number of benzene rings is 1. The van der Waals surface area contributed by atoms with Crippen molar-refractivity contribution in [2.45, 2.75) is 6.42 Å². The fraction of sp³-hybridized carbons (Fsp3) is 0.333. The Morgan fingerprint density at radius 1 is 1.17 bits per heavy atom. The van der Waals surface area contributed by atoms with Gasteiger partial charge in [0.1, 0.15) is 0 Å². The van der Waals surface area contributed by atoms with Gasteiger partial charge in [0.05, 0.1) is 18.9 Å². The molecule has 12 heavy (non-hydrogen) atoms. The monoisotopic (exact) mass is 165 g/mol. The Morgan fingerprint density at radius 3 is 2.92 bits per heavy atom. The highest BCUT2D eigenvalue weighted by Gasteiger charge is 2.11. The summed E-state index contributed by atoms with van der Waals surface area (Å²) in [4.78, 5) is 0. The average molecular weight is 165 g/mol. The maximum atomic E-state index is 5.71. The van der Waals surface area contributed by atoms with Gasteiger partial charge in [0, 0.05) is 6.42 Å². The van der Waals surface area contributed by atoms with Crippen LogP contribution in [0.25, 0.3) is 0 Å². The first-order chi connectivity index (χ1) is 5.88. The largest absolute Gasteiger partial charge is 0.489 e. The summed E-state index contributed by atoms with van der Waals surface area (Å²) in [5.74, 6) is 1.45. The lowest BCUT2D eigenvalue weighted by molar-refractivity contribution is 0.297. The van der Waals surface area contributed by atoms with Gasteiger partial charge in [0.25, 0.3) is 0 Å². The molecule has 0 unspecified atom stereocenters. The van der Waals surface area contributed by atoms with Crippen LogP contribution in [0.2, 0.25) is 0 Å². The zero-order valence-electron chi connectivity index (χ0n) is 6.75. The van der Waals surface area contributed by atoms with Gasteiger partial charge in [-0.3, -0.25) is 0 Å². The van der Waals surface area contributed by atoms with E-state index in [1.54, 1.807) is 0 Å². The van der Waals surface area contributed by atoms with Crippen molar-refractivity contribution in [3.8, 4) is 11.5 Å². The number of hydrogen-bond donors (Lipinski definition) is 1. The first-order valence-electron chi connectivity index (χ1n) is 4.02. The van der Waals surface area contributed by atoms with Crippen molar-refractivity contribution >= 4 is 5.69 Å². The first kappa shape index (κ1) is 7.28. The van der Waals surface area contributed by atoms with Crippen LogP contribution >= 0.6 is 0 Å². The average Bonchev–Trinajstić information content (AvgIpc) is 2.30. The SMILES string of the molecule is Nc1cccc2c1OCCCO2. The van der Waals surface area contributed by atoms with E-state index in [9.17, 15) is 0 Å². The van der Waals surface area contributed by atoms with Crippen LogP contribution in [0.3, 0.4) is 0 Å². The molecule has 2 N–H and O–H groups in total. The van der Waals surface area contributed by atoms with Gasteiger partial charge in [-0.25, -0.2) is 0 Å². The van der Waals surface area contributed by atoms with Crippen molar-refractivity contribution < 1.29 is 9.47 Å². The number of nitrogen functional groups attached to an aromatic ring is 1. The summed E-state index contributed by atoms with van der Waals surface area (Å²) < 4.78 is 10.9. The summed E-state index contributed by atoms with van der Waals surface area (Å²) in [5, 5.41) is 0. The molecule has 0 atom stereocenters. The highest BCUT2D eigenvalue weighted by molar-refractivity contribution is 5.60. The van der Waals surface area contributed by atoms with Crippen LogP contribution in [0.5, 0.6) is 11.5 Å². The standard InChI is InChI=1S/C9H11NO2/c10-7-3-1-4-8-9(7)12-6-2-5-11-8/h1,3-4H,2,5-6,10H2. The number of fused-ring (bicyclic) bond motifs is 1. The Kier molecular flexibility index (Phi) is 1.78. The molecule has 0 saturated heterocycles. The van der Waals surface area contributed by atoms with Crippen LogP contribution in [0.1, 0.15) is 6.42 Å². The van der Waals surface area contributed by atoms with E-state index < -0.39 is 0 Å². The van der Waals surface area contributed by atoms with E-state index in [0.717, 1.165) is 12.2 Å². The molecule has 64 valence electrons. The maximum absolute atomic E-state index is 5.71. The number of nitrogens with two attached hydrogens (primary N) is 1. The lowest BCUT2D eigenvalue weighted by Gasteiger charge is -2.08. The lowest BCUT2D eigenvalue weighted by atomic mass is 10.3. The molecule has 0 saturated carbocycles. The number of para-hydroxylation sites is 1. The van der Waals surface area contributed by atoms with Gasteiger partial charge in [-0.15, -0.1) is 0 Å². The third kappa shape index (κ3) is 1.18. The molecule has 1 aliphatic rings. The van der Waals surface area contributed by atoms with Crippen molar-refractivity contribution in [1.29, 1.82) is 0 Å². The minimum atomic E-state index is 0.648.